The molecule has 1 fully saturated rings. The van der Waals surface area contributed by atoms with Gasteiger partial charge in [0.15, 0.2) is 0 Å². The van der Waals surface area contributed by atoms with Crippen LogP contribution in [0.4, 0.5) is 19.0 Å². The van der Waals surface area contributed by atoms with E-state index in [0.717, 1.165) is 25.0 Å². The van der Waals surface area contributed by atoms with Gasteiger partial charge < -0.3 is 4.90 Å². The Kier molecular flexibility index (Phi) is 4.96. The van der Waals surface area contributed by atoms with E-state index in [2.05, 4.69) is 9.88 Å². The molecule has 2 aromatic rings. The summed E-state index contributed by atoms with van der Waals surface area (Å²) in [5.74, 6) is 0.842. The topological polar surface area (TPSA) is 19.4 Å². The van der Waals surface area contributed by atoms with Crippen molar-refractivity contribution in [3.63, 3.8) is 0 Å². The highest BCUT2D eigenvalue weighted by Gasteiger charge is 2.33. The molecule has 0 saturated carbocycles. The lowest BCUT2D eigenvalue weighted by molar-refractivity contribution is -0.138. The minimum atomic E-state index is -4.31. The molecule has 0 spiro atoms. The number of rotatable bonds is 3. The number of pyridine rings is 1. The third-order valence-corrected chi connectivity index (χ3v) is 4.35. The normalized spacial score (nSPS) is 16.4. The van der Waals surface area contributed by atoms with E-state index in [9.17, 15) is 13.2 Å². The summed E-state index contributed by atoms with van der Waals surface area (Å²) in [5, 5.41) is 0.584. The lowest BCUT2D eigenvalue weighted by Crippen LogP contribution is -2.46. The van der Waals surface area contributed by atoms with Gasteiger partial charge in [-0.25, -0.2) is 4.98 Å². The molecule has 7 heteroatoms. The van der Waals surface area contributed by atoms with Crippen molar-refractivity contribution < 1.29 is 13.2 Å². The van der Waals surface area contributed by atoms with Crippen molar-refractivity contribution in [1.29, 1.82) is 0 Å². The average molecular weight is 356 g/mol. The maximum atomic E-state index is 13.1. The zero-order chi connectivity index (χ0) is 17.2. The van der Waals surface area contributed by atoms with Gasteiger partial charge in [-0.05, 0) is 23.8 Å². The van der Waals surface area contributed by atoms with Crippen LogP contribution in [0.25, 0.3) is 0 Å². The summed E-state index contributed by atoms with van der Waals surface area (Å²) in [6, 6.07) is 9.42. The lowest BCUT2D eigenvalue weighted by Gasteiger charge is -2.35. The van der Waals surface area contributed by atoms with Gasteiger partial charge in [0.1, 0.15) is 5.82 Å². The fourth-order valence-corrected chi connectivity index (χ4v) is 2.98. The summed E-state index contributed by atoms with van der Waals surface area (Å²) in [7, 11) is 0. The molecular weight excluding hydrogens is 339 g/mol. The number of benzene rings is 1. The molecule has 3 nitrogen and oxygen atoms in total. The van der Waals surface area contributed by atoms with Crippen LogP contribution in [0.5, 0.6) is 0 Å². The highest BCUT2D eigenvalue weighted by atomic mass is 35.5. The summed E-state index contributed by atoms with van der Waals surface area (Å²) in [6.07, 6.45) is -2.71. The second-order valence-electron chi connectivity index (χ2n) is 5.75. The first kappa shape index (κ1) is 17.0. The van der Waals surface area contributed by atoms with E-state index < -0.39 is 11.7 Å². The minimum Gasteiger partial charge on any atom is -0.354 e. The molecule has 1 saturated heterocycles. The van der Waals surface area contributed by atoms with Gasteiger partial charge in [-0.15, -0.1) is 0 Å². The van der Waals surface area contributed by atoms with E-state index in [1.165, 1.54) is 6.07 Å². The average Bonchev–Trinajstić information content (AvgIpc) is 2.56. The molecular formula is C17H17ClF3N3. The molecule has 2 heterocycles. The predicted molar refractivity (Wildman–Crippen MR) is 88.2 cm³/mol. The van der Waals surface area contributed by atoms with Crippen LogP contribution in [0.1, 0.15) is 11.1 Å². The summed E-state index contributed by atoms with van der Waals surface area (Å²) >= 11 is 5.83. The first-order valence-corrected chi connectivity index (χ1v) is 8.05. The van der Waals surface area contributed by atoms with Crippen LogP contribution in [-0.2, 0) is 12.7 Å². The number of piperazine rings is 1. The number of aromatic nitrogens is 1. The summed E-state index contributed by atoms with van der Waals surface area (Å²) in [6.45, 7) is 3.14. The Hall–Kier alpha value is -1.79. The Morgan fingerprint density at radius 3 is 2.33 bits per heavy atom. The molecule has 0 atom stereocenters. The quantitative estimate of drug-likeness (QED) is 0.827. The number of halogens is 4. The Morgan fingerprint density at radius 2 is 1.71 bits per heavy atom. The van der Waals surface area contributed by atoms with E-state index in [1.54, 1.807) is 24.4 Å². The van der Waals surface area contributed by atoms with Gasteiger partial charge in [0.05, 0.1) is 10.6 Å². The maximum Gasteiger partial charge on any atom is 0.416 e. The molecule has 0 bridgehead atoms. The van der Waals surface area contributed by atoms with Crippen LogP contribution in [0.2, 0.25) is 5.02 Å². The molecule has 0 amide bonds. The molecule has 128 valence electrons. The van der Waals surface area contributed by atoms with Crippen molar-refractivity contribution in [2.75, 3.05) is 31.1 Å². The molecule has 0 aliphatic carbocycles. The van der Waals surface area contributed by atoms with Crippen molar-refractivity contribution in [3.05, 3.63) is 58.7 Å². The first-order chi connectivity index (χ1) is 11.4. The van der Waals surface area contributed by atoms with E-state index in [4.69, 9.17) is 11.6 Å². The van der Waals surface area contributed by atoms with Gasteiger partial charge >= 0.3 is 6.18 Å². The predicted octanol–water partition coefficient (Wildman–Crippen LogP) is 4.08. The zero-order valence-electron chi connectivity index (χ0n) is 12.9. The van der Waals surface area contributed by atoms with Crippen LogP contribution in [0.15, 0.2) is 42.6 Å². The SMILES string of the molecule is FC(F)(F)c1ccccc1CN1CCN(c2ccc(Cl)cn2)CC1. The van der Waals surface area contributed by atoms with Crippen molar-refractivity contribution in [3.8, 4) is 0 Å². The van der Waals surface area contributed by atoms with Crippen LogP contribution < -0.4 is 4.90 Å². The van der Waals surface area contributed by atoms with Crippen molar-refractivity contribution in [1.82, 2.24) is 9.88 Å². The number of hydrogen-bond donors (Lipinski definition) is 0. The highest BCUT2D eigenvalue weighted by Crippen LogP contribution is 2.32. The Bertz CT molecular complexity index is 680. The zero-order valence-corrected chi connectivity index (χ0v) is 13.7. The Balaban J connectivity index is 1.63. The third kappa shape index (κ3) is 3.99. The standard InChI is InChI=1S/C17H17ClF3N3/c18-14-5-6-16(22-11-14)24-9-7-23(8-10-24)12-13-3-1-2-4-15(13)17(19,20)21/h1-6,11H,7-10,12H2. The van der Waals surface area contributed by atoms with Gasteiger partial charge in [0.2, 0.25) is 0 Å². The monoisotopic (exact) mass is 355 g/mol. The summed E-state index contributed by atoms with van der Waals surface area (Å²) in [5.41, 5.74) is -0.227. The van der Waals surface area contributed by atoms with E-state index >= 15 is 0 Å². The smallest absolute Gasteiger partial charge is 0.354 e. The first-order valence-electron chi connectivity index (χ1n) is 7.67. The molecule has 24 heavy (non-hydrogen) atoms. The van der Waals surface area contributed by atoms with E-state index in [0.29, 0.717) is 30.2 Å². The molecule has 1 aromatic carbocycles. The second kappa shape index (κ2) is 6.99. The molecule has 1 aromatic heterocycles. The summed E-state index contributed by atoms with van der Waals surface area (Å²) < 4.78 is 39.2. The molecule has 1 aliphatic heterocycles. The number of anilines is 1. The van der Waals surface area contributed by atoms with Gasteiger partial charge in [0, 0.05) is 38.9 Å². The van der Waals surface area contributed by atoms with Gasteiger partial charge in [-0.1, -0.05) is 29.8 Å². The van der Waals surface area contributed by atoms with Crippen molar-refractivity contribution in [2.24, 2.45) is 0 Å². The third-order valence-electron chi connectivity index (χ3n) is 4.12. The highest BCUT2D eigenvalue weighted by molar-refractivity contribution is 6.30. The second-order valence-corrected chi connectivity index (χ2v) is 6.19. The molecule has 0 radical (unpaired) electrons. The van der Waals surface area contributed by atoms with Crippen LogP contribution >= 0.6 is 11.6 Å². The van der Waals surface area contributed by atoms with Crippen LogP contribution in [0, 0.1) is 0 Å². The fraction of sp³-hybridized carbons (Fsp3) is 0.353. The van der Waals surface area contributed by atoms with Crippen molar-refractivity contribution >= 4 is 17.4 Å². The molecule has 0 unspecified atom stereocenters. The number of nitrogens with zero attached hydrogens (tertiary/aromatic N) is 3. The lowest BCUT2D eigenvalue weighted by atomic mass is 10.1. The number of alkyl halides is 3. The largest absolute Gasteiger partial charge is 0.416 e. The van der Waals surface area contributed by atoms with Gasteiger partial charge in [-0.3, -0.25) is 4.90 Å². The Morgan fingerprint density at radius 1 is 1.00 bits per heavy atom. The molecule has 0 N–H and O–H groups in total. The maximum absolute atomic E-state index is 13.1. The Labute approximate surface area is 143 Å². The van der Waals surface area contributed by atoms with Gasteiger partial charge in [0.25, 0.3) is 0 Å². The van der Waals surface area contributed by atoms with E-state index in [1.807, 2.05) is 11.0 Å². The minimum absolute atomic E-state index is 0.303. The molecule has 3 rings (SSSR count). The van der Waals surface area contributed by atoms with Crippen molar-refractivity contribution in [2.45, 2.75) is 12.7 Å². The summed E-state index contributed by atoms with van der Waals surface area (Å²) in [4.78, 5) is 8.44. The van der Waals surface area contributed by atoms with Gasteiger partial charge in [-0.2, -0.15) is 13.2 Å². The van der Waals surface area contributed by atoms with Crippen LogP contribution in [-0.4, -0.2) is 36.1 Å². The van der Waals surface area contributed by atoms with Crippen LogP contribution in [0.3, 0.4) is 0 Å². The van der Waals surface area contributed by atoms with E-state index in [-0.39, 0.29) is 0 Å². The fourth-order valence-electron chi connectivity index (χ4n) is 2.87. The molecule has 1 aliphatic rings. The number of hydrogen-bond acceptors (Lipinski definition) is 3.